The van der Waals surface area contributed by atoms with Crippen molar-refractivity contribution in [3.63, 3.8) is 0 Å². The van der Waals surface area contributed by atoms with Gasteiger partial charge >= 0.3 is 0 Å². The molecule has 1 aromatic carbocycles. The lowest BCUT2D eigenvalue weighted by Crippen LogP contribution is -3.00. The fourth-order valence-electron chi connectivity index (χ4n) is 0.618. The Balaban J connectivity index is 0.000001000. The molecule has 0 spiro atoms. The second-order valence-corrected chi connectivity index (χ2v) is 1.92. The van der Waals surface area contributed by atoms with Gasteiger partial charge in [-0.05, 0) is 0 Å². The van der Waals surface area contributed by atoms with Gasteiger partial charge in [0.15, 0.2) is 0 Å². The topological polar surface area (TPSA) is 70.8 Å². The van der Waals surface area contributed by atoms with E-state index >= 15 is 0 Å². The molecule has 0 aliphatic carbocycles. The van der Waals surface area contributed by atoms with Gasteiger partial charge in [0.1, 0.15) is 5.69 Å². The number of rotatable bonds is 1. The highest BCUT2D eigenvalue weighted by molar-refractivity contribution is 5.38. The van der Waals surface area contributed by atoms with Crippen LogP contribution in [0.5, 0.6) is 0 Å². The zero-order valence-corrected chi connectivity index (χ0v) is 7.24. The van der Waals surface area contributed by atoms with Gasteiger partial charge in [0.2, 0.25) is 0 Å². The molecule has 0 heterocycles. The Hall–Kier alpha value is -0.940. The van der Waals surface area contributed by atoms with Crippen LogP contribution in [0.25, 0.3) is 0 Å². The zero-order chi connectivity index (χ0) is 7.56. The van der Waals surface area contributed by atoms with Crippen LogP contribution in [0.3, 0.4) is 0 Å². The van der Waals surface area contributed by atoms with Crippen LogP contribution in [0.4, 0.5) is 11.4 Å². The van der Waals surface area contributed by atoms with Crippen molar-refractivity contribution in [1.29, 1.82) is 0 Å². The molecule has 0 amide bonds. The minimum absolute atomic E-state index is 0. The first kappa shape index (κ1) is 10.1. The van der Waals surface area contributed by atoms with E-state index < -0.39 is 4.92 Å². The van der Waals surface area contributed by atoms with Crippen LogP contribution in [0.2, 0.25) is 0 Å². The molecule has 0 unspecified atom stereocenters. The molecule has 3 N–H and O–H groups in total. The largest absolute Gasteiger partial charge is 1.00 e. The Bertz CT molecular complexity index is 247. The van der Waals surface area contributed by atoms with Crippen LogP contribution in [-0.4, -0.2) is 4.92 Å². The third kappa shape index (κ3) is 2.65. The molecule has 0 atom stereocenters. The molecule has 0 aliphatic heterocycles. The maximum atomic E-state index is 10.1. The lowest BCUT2D eigenvalue weighted by Gasteiger charge is -1.87. The summed E-state index contributed by atoms with van der Waals surface area (Å²) in [7, 11) is 0. The van der Waals surface area contributed by atoms with E-state index in [4.69, 9.17) is 0 Å². The number of hydrogen-bond donors (Lipinski definition) is 1. The van der Waals surface area contributed by atoms with E-state index in [1.54, 1.807) is 12.1 Å². The van der Waals surface area contributed by atoms with E-state index in [1.807, 2.05) is 0 Å². The summed E-state index contributed by atoms with van der Waals surface area (Å²) in [5, 5.41) is 10.1. The number of nitro benzene ring substituents is 1. The Morgan fingerprint density at radius 1 is 1.27 bits per heavy atom. The lowest BCUT2D eigenvalue weighted by molar-refractivity contribution is -0.385. The first-order valence-electron chi connectivity index (χ1n) is 2.76. The van der Waals surface area contributed by atoms with Crippen LogP contribution in [0, 0.1) is 10.1 Å². The predicted octanol–water partition coefficient (Wildman–Crippen LogP) is -2.53. The normalized spacial score (nSPS) is 8.45. The van der Waals surface area contributed by atoms with Crippen molar-refractivity contribution in [1.82, 2.24) is 0 Å². The summed E-state index contributed by atoms with van der Waals surface area (Å²) >= 11 is 0. The van der Waals surface area contributed by atoms with Crippen molar-refractivity contribution in [3.05, 3.63) is 34.4 Å². The van der Waals surface area contributed by atoms with Gasteiger partial charge in [-0.3, -0.25) is 10.1 Å². The number of halogens is 1. The van der Waals surface area contributed by atoms with Crippen molar-refractivity contribution >= 4 is 11.4 Å². The average molecular weight is 219 g/mol. The van der Waals surface area contributed by atoms with Crippen molar-refractivity contribution in [2.75, 3.05) is 0 Å². The van der Waals surface area contributed by atoms with Crippen LogP contribution in [0.1, 0.15) is 0 Å². The second kappa shape index (κ2) is 4.05. The highest BCUT2D eigenvalue weighted by Crippen LogP contribution is 2.11. The SMILES string of the molecule is [Br-].[NH3+]c1ccc([N+](=O)[O-])cc1. The highest BCUT2D eigenvalue weighted by Gasteiger charge is 2.02. The maximum Gasteiger partial charge on any atom is 0.269 e. The second-order valence-electron chi connectivity index (χ2n) is 1.92. The summed E-state index contributed by atoms with van der Waals surface area (Å²) in [6, 6.07) is 6.08. The zero-order valence-electron chi connectivity index (χ0n) is 5.66. The summed E-state index contributed by atoms with van der Waals surface area (Å²) in [5.41, 5.74) is 4.49. The molecule has 4 nitrogen and oxygen atoms in total. The molecule has 0 aliphatic rings. The third-order valence-corrected chi connectivity index (χ3v) is 1.15. The Kier molecular flexibility index (Phi) is 3.70. The fourth-order valence-corrected chi connectivity index (χ4v) is 0.618. The number of quaternary nitrogens is 1. The van der Waals surface area contributed by atoms with Gasteiger partial charge in [0.05, 0.1) is 4.92 Å². The van der Waals surface area contributed by atoms with E-state index in [2.05, 4.69) is 5.73 Å². The maximum absolute atomic E-state index is 10.1. The quantitative estimate of drug-likeness (QED) is 0.418. The molecule has 11 heavy (non-hydrogen) atoms. The smallest absolute Gasteiger partial charge is 0.269 e. The van der Waals surface area contributed by atoms with Crippen LogP contribution in [-0.2, 0) is 0 Å². The van der Waals surface area contributed by atoms with E-state index in [-0.39, 0.29) is 22.7 Å². The highest BCUT2D eigenvalue weighted by atomic mass is 79.9. The molecular weight excluding hydrogens is 212 g/mol. The van der Waals surface area contributed by atoms with Gasteiger partial charge in [0, 0.05) is 24.3 Å². The third-order valence-electron chi connectivity index (χ3n) is 1.15. The summed E-state index contributed by atoms with van der Waals surface area (Å²) < 4.78 is 0. The summed E-state index contributed by atoms with van der Waals surface area (Å²) in [6.07, 6.45) is 0. The van der Waals surface area contributed by atoms with Gasteiger partial charge in [-0.1, -0.05) is 0 Å². The number of nitrogens with zero attached hydrogens (tertiary/aromatic N) is 1. The van der Waals surface area contributed by atoms with Crippen LogP contribution >= 0.6 is 0 Å². The van der Waals surface area contributed by atoms with Gasteiger partial charge in [-0.15, -0.1) is 0 Å². The van der Waals surface area contributed by atoms with Gasteiger partial charge in [-0.25, -0.2) is 0 Å². The van der Waals surface area contributed by atoms with E-state index in [1.165, 1.54) is 12.1 Å². The van der Waals surface area contributed by atoms with Crippen molar-refractivity contribution < 1.29 is 27.6 Å². The van der Waals surface area contributed by atoms with Crippen LogP contribution in [0.15, 0.2) is 24.3 Å². The number of hydrogen-bond acceptors (Lipinski definition) is 2. The van der Waals surface area contributed by atoms with E-state index in [9.17, 15) is 10.1 Å². The molecule has 1 rings (SSSR count). The molecule has 0 aromatic heterocycles. The monoisotopic (exact) mass is 218 g/mol. The Morgan fingerprint density at radius 2 is 1.73 bits per heavy atom. The molecule has 0 fully saturated rings. The molecule has 60 valence electrons. The molecule has 0 saturated carbocycles. The van der Waals surface area contributed by atoms with E-state index in [0.717, 1.165) is 5.69 Å². The first-order valence-corrected chi connectivity index (χ1v) is 2.76. The molecule has 0 radical (unpaired) electrons. The fraction of sp³-hybridized carbons (Fsp3) is 0. The predicted molar refractivity (Wildman–Crippen MR) is 35.6 cm³/mol. The summed E-state index contributed by atoms with van der Waals surface area (Å²) in [6.45, 7) is 0. The summed E-state index contributed by atoms with van der Waals surface area (Å²) in [4.78, 5) is 9.67. The molecule has 1 aromatic rings. The first-order chi connectivity index (χ1) is 4.70. The van der Waals surface area contributed by atoms with E-state index in [0.29, 0.717) is 0 Å². The van der Waals surface area contributed by atoms with Gasteiger partial charge < -0.3 is 22.7 Å². The number of nitro groups is 1. The standard InChI is InChI=1S/C6H6N2O2.BrH/c7-5-1-3-6(4-2-5)8(9)10;/h1-4H,7H2;1H. The van der Waals surface area contributed by atoms with Gasteiger partial charge in [-0.2, -0.15) is 0 Å². The average Bonchev–Trinajstić information content (AvgIpc) is 1.88. The molecule has 5 heteroatoms. The van der Waals surface area contributed by atoms with Crippen molar-refractivity contribution in [3.8, 4) is 0 Å². The molecular formula is C6H7BrN2O2. The van der Waals surface area contributed by atoms with Crippen molar-refractivity contribution in [2.24, 2.45) is 0 Å². The minimum atomic E-state index is -0.431. The lowest BCUT2D eigenvalue weighted by atomic mass is 10.3. The minimum Gasteiger partial charge on any atom is -1.00 e. The Labute approximate surface area is 73.9 Å². The number of benzene rings is 1. The van der Waals surface area contributed by atoms with Crippen LogP contribution < -0.4 is 22.7 Å². The summed E-state index contributed by atoms with van der Waals surface area (Å²) in [5.74, 6) is 0. The van der Waals surface area contributed by atoms with Crippen molar-refractivity contribution in [2.45, 2.75) is 0 Å². The number of non-ortho nitro benzene ring substituents is 1. The molecule has 0 saturated heterocycles. The Morgan fingerprint density at radius 3 is 2.09 bits per heavy atom. The van der Waals surface area contributed by atoms with Gasteiger partial charge in [0.25, 0.3) is 5.69 Å². The molecule has 0 bridgehead atoms.